The molecule has 3 nitrogen and oxygen atoms in total. The van der Waals surface area contributed by atoms with Gasteiger partial charge >= 0.3 is 0 Å². The van der Waals surface area contributed by atoms with Crippen LogP contribution in [0.15, 0.2) is 60.4 Å². The Labute approximate surface area is 182 Å². The summed E-state index contributed by atoms with van der Waals surface area (Å²) in [7, 11) is 0. The van der Waals surface area contributed by atoms with E-state index in [4.69, 9.17) is 4.98 Å². The predicted molar refractivity (Wildman–Crippen MR) is 120 cm³/mol. The Bertz CT molecular complexity index is 1210. The molecule has 0 bridgehead atoms. The molecule has 1 spiro atoms. The number of benzene rings is 2. The smallest absolute Gasteiger partial charge is 0.123 e. The zero-order valence-corrected chi connectivity index (χ0v) is 18.0. The van der Waals surface area contributed by atoms with Crippen molar-refractivity contribution in [1.29, 1.82) is 0 Å². The molecule has 0 amide bonds. The number of fused-ring (bicyclic) bond motifs is 1. The third-order valence-electron chi connectivity index (χ3n) is 8.34. The van der Waals surface area contributed by atoms with Crippen molar-refractivity contribution in [2.45, 2.75) is 45.3 Å². The van der Waals surface area contributed by atoms with Crippen LogP contribution in [0.25, 0.3) is 17.3 Å². The van der Waals surface area contributed by atoms with Crippen LogP contribution in [-0.2, 0) is 12.1 Å². The van der Waals surface area contributed by atoms with Crippen molar-refractivity contribution >= 4 is 6.08 Å². The Hall–Kier alpha value is -2.72. The lowest BCUT2D eigenvalue weighted by Gasteiger charge is -2.69. The Morgan fingerprint density at radius 3 is 2.74 bits per heavy atom. The van der Waals surface area contributed by atoms with Crippen LogP contribution in [-0.4, -0.2) is 14.7 Å². The van der Waals surface area contributed by atoms with Crippen molar-refractivity contribution in [3.63, 3.8) is 0 Å². The monoisotopic (exact) mass is 414 g/mol. The summed E-state index contributed by atoms with van der Waals surface area (Å²) in [6.45, 7) is 5.16. The molecule has 31 heavy (non-hydrogen) atoms. The highest BCUT2D eigenvalue weighted by atomic mass is 19.1. The summed E-state index contributed by atoms with van der Waals surface area (Å²) < 4.78 is 15.7. The summed E-state index contributed by atoms with van der Waals surface area (Å²) in [4.78, 5) is 4.70. The zero-order chi connectivity index (χ0) is 21.4. The van der Waals surface area contributed by atoms with Gasteiger partial charge in [0.05, 0.1) is 23.3 Å². The van der Waals surface area contributed by atoms with E-state index in [1.807, 2.05) is 6.33 Å². The summed E-state index contributed by atoms with van der Waals surface area (Å²) in [6.07, 6.45) is 7.44. The van der Waals surface area contributed by atoms with Gasteiger partial charge in [-0.15, -0.1) is 0 Å². The number of aryl methyl sites for hydroxylation is 1. The largest absolute Gasteiger partial charge is 0.385 e. The lowest BCUT2D eigenvalue weighted by molar-refractivity contribution is -0.256. The Morgan fingerprint density at radius 1 is 1.16 bits per heavy atom. The first-order valence-corrected chi connectivity index (χ1v) is 11.3. The molecule has 0 radical (unpaired) electrons. The number of aromatic nitrogens is 2. The van der Waals surface area contributed by atoms with Crippen LogP contribution in [0.2, 0.25) is 0 Å². The molecule has 2 fully saturated rings. The molecule has 4 atom stereocenters. The van der Waals surface area contributed by atoms with Gasteiger partial charge in [-0.2, -0.15) is 0 Å². The third-order valence-corrected chi connectivity index (χ3v) is 8.34. The van der Waals surface area contributed by atoms with E-state index in [0.717, 1.165) is 48.3 Å². The molecule has 2 aliphatic carbocycles. The molecule has 0 saturated heterocycles. The van der Waals surface area contributed by atoms with E-state index in [2.05, 4.69) is 48.8 Å². The second-order valence-corrected chi connectivity index (χ2v) is 9.68. The van der Waals surface area contributed by atoms with Gasteiger partial charge in [-0.1, -0.05) is 42.3 Å². The van der Waals surface area contributed by atoms with E-state index in [9.17, 15) is 9.50 Å². The summed E-state index contributed by atoms with van der Waals surface area (Å²) in [5, 5.41) is 12.0. The molecule has 1 aromatic heterocycles. The SMILES string of the molecule is Cc1cccc([C@]2(O)C(C)[C@]34Cn5cnc(-c6ccc(F)cc6)c5C=C3CCC[C@@H]42)c1. The number of hydrogen-bond acceptors (Lipinski definition) is 2. The van der Waals surface area contributed by atoms with Gasteiger partial charge in [0, 0.05) is 29.4 Å². The van der Waals surface area contributed by atoms with Crippen molar-refractivity contribution in [3.05, 3.63) is 83.1 Å². The topological polar surface area (TPSA) is 38.0 Å². The Morgan fingerprint density at radius 2 is 1.97 bits per heavy atom. The molecule has 3 aliphatic rings. The van der Waals surface area contributed by atoms with Gasteiger partial charge in [0.1, 0.15) is 5.82 Å². The molecule has 4 heteroatoms. The van der Waals surface area contributed by atoms with Crippen LogP contribution < -0.4 is 0 Å². The number of imidazole rings is 1. The minimum Gasteiger partial charge on any atom is -0.385 e. The molecule has 1 unspecified atom stereocenters. The first-order valence-electron chi connectivity index (χ1n) is 11.3. The van der Waals surface area contributed by atoms with Gasteiger partial charge in [0.2, 0.25) is 0 Å². The lowest BCUT2D eigenvalue weighted by atomic mass is 9.37. The number of halogens is 1. The second-order valence-electron chi connectivity index (χ2n) is 9.68. The van der Waals surface area contributed by atoms with Crippen molar-refractivity contribution in [2.24, 2.45) is 17.3 Å². The van der Waals surface area contributed by atoms with Gasteiger partial charge < -0.3 is 9.67 Å². The van der Waals surface area contributed by atoms with Crippen LogP contribution in [0, 0.1) is 30.0 Å². The summed E-state index contributed by atoms with van der Waals surface area (Å²) in [5.41, 5.74) is 5.83. The maximum Gasteiger partial charge on any atom is 0.123 e. The molecule has 2 heterocycles. The van der Waals surface area contributed by atoms with Crippen LogP contribution >= 0.6 is 0 Å². The molecule has 158 valence electrons. The fourth-order valence-electron chi connectivity index (χ4n) is 6.85. The van der Waals surface area contributed by atoms with Gasteiger partial charge in [-0.05, 0) is 62.1 Å². The van der Waals surface area contributed by atoms with Crippen LogP contribution in [0.5, 0.6) is 0 Å². The van der Waals surface area contributed by atoms with Crippen molar-refractivity contribution in [3.8, 4) is 11.3 Å². The summed E-state index contributed by atoms with van der Waals surface area (Å²) >= 11 is 0. The Kier molecular flexibility index (Phi) is 3.92. The average Bonchev–Trinajstić information content (AvgIpc) is 3.19. The van der Waals surface area contributed by atoms with E-state index in [1.165, 1.54) is 23.3 Å². The van der Waals surface area contributed by atoms with Crippen molar-refractivity contribution in [1.82, 2.24) is 9.55 Å². The molecule has 1 N–H and O–H groups in total. The first-order chi connectivity index (χ1) is 14.9. The minimum absolute atomic E-state index is 0.0233. The normalized spacial score (nSPS) is 31.2. The van der Waals surface area contributed by atoms with E-state index in [1.54, 1.807) is 12.1 Å². The zero-order valence-electron chi connectivity index (χ0n) is 18.0. The number of hydrogen-bond donors (Lipinski definition) is 1. The Balaban J connectivity index is 1.43. The highest BCUT2D eigenvalue weighted by Gasteiger charge is 2.71. The van der Waals surface area contributed by atoms with Gasteiger partial charge in [0.15, 0.2) is 0 Å². The van der Waals surface area contributed by atoms with E-state index in [-0.39, 0.29) is 23.1 Å². The summed E-state index contributed by atoms with van der Waals surface area (Å²) in [6, 6.07) is 15.0. The highest BCUT2D eigenvalue weighted by molar-refractivity contribution is 5.73. The standard InChI is InChI=1S/C27H27FN2O/c1-17-5-3-7-21(13-17)27(31)18(2)26-15-30-16-29-25(19-9-11-22(28)12-10-19)23(30)14-20(26)6-4-8-24(26)27/h3,5,7,9-14,16,18,24,31H,4,6,8,15H2,1-2H3/t18?,24-,26+,27+/m0/s1. The molecule has 3 aromatic rings. The molecular weight excluding hydrogens is 387 g/mol. The lowest BCUT2D eigenvalue weighted by Crippen LogP contribution is -2.69. The molecule has 2 saturated carbocycles. The van der Waals surface area contributed by atoms with Gasteiger partial charge in [-0.25, -0.2) is 9.37 Å². The molecule has 1 aliphatic heterocycles. The number of allylic oxidation sites excluding steroid dienone is 1. The minimum atomic E-state index is -0.788. The van der Waals surface area contributed by atoms with E-state index in [0.29, 0.717) is 0 Å². The number of aliphatic hydroxyl groups is 1. The van der Waals surface area contributed by atoms with Gasteiger partial charge in [0.25, 0.3) is 0 Å². The van der Waals surface area contributed by atoms with Crippen LogP contribution in [0.4, 0.5) is 4.39 Å². The van der Waals surface area contributed by atoms with E-state index < -0.39 is 5.60 Å². The maximum atomic E-state index is 13.4. The van der Waals surface area contributed by atoms with Gasteiger partial charge in [-0.3, -0.25) is 0 Å². The highest BCUT2D eigenvalue weighted by Crippen LogP contribution is 2.71. The quantitative estimate of drug-likeness (QED) is 0.582. The second kappa shape index (κ2) is 6.39. The first kappa shape index (κ1) is 19.0. The van der Waals surface area contributed by atoms with Crippen LogP contribution in [0.1, 0.15) is 43.0 Å². The van der Waals surface area contributed by atoms with Crippen molar-refractivity contribution in [2.75, 3.05) is 0 Å². The number of nitrogens with zero attached hydrogens (tertiary/aromatic N) is 2. The summed E-state index contributed by atoms with van der Waals surface area (Å²) in [5.74, 6) is 0.104. The average molecular weight is 415 g/mol. The maximum absolute atomic E-state index is 13.4. The number of rotatable bonds is 2. The fourth-order valence-corrected chi connectivity index (χ4v) is 6.85. The van der Waals surface area contributed by atoms with Crippen molar-refractivity contribution < 1.29 is 9.50 Å². The van der Waals surface area contributed by atoms with Crippen LogP contribution in [0.3, 0.4) is 0 Å². The molecule has 2 aromatic carbocycles. The molecular formula is C27H27FN2O. The van der Waals surface area contributed by atoms with E-state index >= 15 is 0 Å². The predicted octanol–water partition coefficient (Wildman–Crippen LogP) is 5.72. The molecule has 6 rings (SSSR count). The fraction of sp³-hybridized carbons (Fsp3) is 0.370. The third kappa shape index (κ3) is 2.40.